The Hall–Kier alpha value is -2.04. The SMILES string of the molecule is Cc1ccc(OCC(C)Nc2nc(C)no2)cc1. The van der Waals surface area contributed by atoms with Gasteiger partial charge in [0.05, 0.1) is 6.04 Å². The number of ether oxygens (including phenoxy) is 1. The highest BCUT2D eigenvalue weighted by Gasteiger charge is 2.07. The van der Waals surface area contributed by atoms with Crippen LogP contribution in [0.15, 0.2) is 28.8 Å². The van der Waals surface area contributed by atoms with Crippen molar-refractivity contribution in [2.75, 3.05) is 11.9 Å². The van der Waals surface area contributed by atoms with Gasteiger partial charge in [-0.25, -0.2) is 0 Å². The van der Waals surface area contributed by atoms with Crippen LogP contribution in [0.4, 0.5) is 6.01 Å². The third-order valence-corrected chi connectivity index (χ3v) is 2.42. The van der Waals surface area contributed by atoms with E-state index in [0.717, 1.165) is 5.75 Å². The van der Waals surface area contributed by atoms with Crippen LogP contribution in [-0.2, 0) is 0 Å². The van der Waals surface area contributed by atoms with Crippen molar-refractivity contribution in [3.05, 3.63) is 35.7 Å². The zero-order valence-electron chi connectivity index (χ0n) is 10.8. The summed E-state index contributed by atoms with van der Waals surface area (Å²) in [5, 5.41) is 6.79. The molecule has 0 amide bonds. The fourth-order valence-corrected chi connectivity index (χ4v) is 1.46. The molecular weight excluding hydrogens is 230 g/mol. The average molecular weight is 247 g/mol. The molecule has 1 atom stereocenters. The van der Waals surface area contributed by atoms with Crippen LogP contribution in [0.1, 0.15) is 18.3 Å². The standard InChI is InChI=1S/C13H17N3O2/c1-9-4-6-12(7-5-9)17-8-10(2)14-13-15-11(3)16-18-13/h4-7,10H,8H2,1-3H3,(H,14,15,16). The monoisotopic (exact) mass is 247 g/mol. The number of nitrogens with one attached hydrogen (secondary N) is 1. The lowest BCUT2D eigenvalue weighted by Gasteiger charge is -2.13. The predicted molar refractivity (Wildman–Crippen MR) is 68.8 cm³/mol. The molecule has 1 N–H and O–H groups in total. The van der Waals surface area contributed by atoms with E-state index in [1.807, 2.05) is 38.1 Å². The van der Waals surface area contributed by atoms with Gasteiger partial charge in [0.25, 0.3) is 0 Å². The summed E-state index contributed by atoms with van der Waals surface area (Å²) in [6.45, 7) is 6.35. The number of aryl methyl sites for hydroxylation is 2. The molecule has 0 saturated heterocycles. The minimum absolute atomic E-state index is 0.0890. The first-order valence-electron chi connectivity index (χ1n) is 5.90. The van der Waals surface area contributed by atoms with Crippen LogP contribution < -0.4 is 10.1 Å². The number of benzene rings is 1. The van der Waals surface area contributed by atoms with Crippen molar-refractivity contribution in [2.45, 2.75) is 26.8 Å². The second-order valence-electron chi connectivity index (χ2n) is 4.32. The van der Waals surface area contributed by atoms with Gasteiger partial charge in [-0.3, -0.25) is 0 Å². The molecule has 0 fully saturated rings. The van der Waals surface area contributed by atoms with Gasteiger partial charge < -0.3 is 14.6 Å². The van der Waals surface area contributed by atoms with Crippen LogP contribution in [0.25, 0.3) is 0 Å². The third kappa shape index (κ3) is 3.48. The van der Waals surface area contributed by atoms with Crippen LogP contribution in [0.2, 0.25) is 0 Å². The highest BCUT2D eigenvalue weighted by molar-refractivity contribution is 5.26. The summed E-state index contributed by atoms with van der Waals surface area (Å²) in [5.41, 5.74) is 1.22. The van der Waals surface area contributed by atoms with Gasteiger partial charge in [0.1, 0.15) is 12.4 Å². The summed E-state index contributed by atoms with van der Waals surface area (Å²) in [6.07, 6.45) is 0. The minimum atomic E-state index is 0.0890. The van der Waals surface area contributed by atoms with Crippen molar-refractivity contribution in [1.29, 1.82) is 0 Å². The number of hydrogen-bond donors (Lipinski definition) is 1. The molecule has 2 rings (SSSR count). The maximum atomic E-state index is 5.65. The maximum Gasteiger partial charge on any atom is 0.321 e. The lowest BCUT2D eigenvalue weighted by atomic mass is 10.2. The zero-order valence-corrected chi connectivity index (χ0v) is 10.8. The molecule has 5 nitrogen and oxygen atoms in total. The highest BCUT2D eigenvalue weighted by atomic mass is 16.5. The molecule has 0 aliphatic carbocycles. The van der Waals surface area contributed by atoms with Gasteiger partial charge in [-0.15, -0.1) is 0 Å². The Kier molecular flexibility index (Phi) is 3.82. The third-order valence-electron chi connectivity index (χ3n) is 2.42. The smallest absolute Gasteiger partial charge is 0.321 e. The molecule has 0 radical (unpaired) electrons. The second-order valence-corrected chi connectivity index (χ2v) is 4.32. The van der Waals surface area contributed by atoms with E-state index in [2.05, 4.69) is 15.5 Å². The summed E-state index contributed by atoms with van der Waals surface area (Å²) in [7, 11) is 0. The van der Waals surface area contributed by atoms with E-state index in [-0.39, 0.29) is 6.04 Å². The van der Waals surface area contributed by atoms with Gasteiger partial charge >= 0.3 is 6.01 Å². The predicted octanol–water partition coefficient (Wildman–Crippen LogP) is 2.57. The van der Waals surface area contributed by atoms with E-state index >= 15 is 0 Å². The van der Waals surface area contributed by atoms with Crippen molar-refractivity contribution in [1.82, 2.24) is 10.1 Å². The second kappa shape index (κ2) is 5.53. The molecule has 0 spiro atoms. The number of nitrogens with zero attached hydrogens (tertiary/aromatic N) is 2. The topological polar surface area (TPSA) is 60.2 Å². The quantitative estimate of drug-likeness (QED) is 0.879. The average Bonchev–Trinajstić information content (AvgIpc) is 2.74. The first kappa shape index (κ1) is 12.4. The lowest BCUT2D eigenvalue weighted by molar-refractivity contribution is 0.300. The Morgan fingerprint density at radius 2 is 2.00 bits per heavy atom. The fourth-order valence-electron chi connectivity index (χ4n) is 1.46. The van der Waals surface area contributed by atoms with Gasteiger partial charge in [-0.05, 0) is 32.9 Å². The van der Waals surface area contributed by atoms with Crippen molar-refractivity contribution < 1.29 is 9.26 Å². The molecule has 1 heterocycles. The lowest BCUT2D eigenvalue weighted by Crippen LogP contribution is -2.23. The van der Waals surface area contributed by atoms with Crippen molar-refractivity contribution in [3.8, 4) is 5.75 Å². The molecule has 18 heavy (non-hydrogen) atoms. The van der Waals surface area contributed by atoms with E-state index in [9.17, 15) is 0 Å². The Bertz CT molecular complexity index is 493. The Morgan fingerprint density at radius 3 is 2.61 bits per heavy atom. The van der Waals surface area contributed by atoms with Crippen LogP contribution in [0.5, 0.6) is 5.75 Å². The summed E-state index contributed by atoms with van der Waals surface area (Å²) >= 11 is 0. The Balaban J connectivity index is 1.81. The number of hydrogen-bond acceptors (Lipinski definition) is 5. The van der Waals surface area contributed by atoms with E-state index in [4.69, 9.17) is 9.26 Å². The summed E-state index contributed by atoms with van der Waals surface area (Å²) in [5.74, 6) is 1.47. The van der Waals surface area contributed by atoms with Crippen LogP contribution in [0.3, 0.4) is 0 Å². The number of anilines is 1. The summed E-state index contributed by atoms with van der Waals surface area (Å²) in [4.78, 5) is 4.07. The van der Waals surface area contributed by atoms with E-state index in [0.29, 0.717) is 18.4 Å². The van der Waals surface area contributed by atoms with Crippen molar-refractivity contribution in [3.63, 3.8) is 0 Å². The van der Waals surface area contributed by atoms with Gasteiger partial charge in [0, 0.05) is 0 Å². The first-order valence-corrected chi connectivity index (χ1v) is 5.90. The molecule has 0 aliphatic heterocycles. The molecule has 96 valence electrons. The van der Waals surface area contributed by atoms with Gasteiger partial charge in [0.15, 0.2) is 5.82 Å². The van der Waals surface area contributed by atoms with Crippen LogP contribution >= 0.6 is 0 Å². The van der Waals surface area contributed by atoms with E-state index < -0.39 is 0 Å². The molecule has 0 saturated carbocycles. The summed E-state index contributed by atoms with van der Waals surface area (Å²) in [6, 6.07) is 8.47. The number of rotatable bonds is 5. The Labute approximate surface area is 106 Å². The Morgan fingerprint density at radius 1 is 1.28 bits per heavy atom. The van der Waals surface area contributed by atoms with E-state index in [1.54, 1.807) is 6.92 Å². The largest absolute Gasteiger partial charge is 0.491 e. The molecule has 1 unspecified atom stereocenters. The maximum absolute atomic E-state index is 5.65. The molecule has 2 aromatic rings. The van der Waals surface area contributed by atoms with Crippen molar-refractivity contribution >= 4 is 6.01 Å². The molecule has 1 aromatic heterocycles. The van der Waals surface area contributed by atoms with Crippen molar-refractivity contribution in [2.24, 2.45) is 0 Å². The minimum Gasteiger partial charge on any atom is -0.491 e. The molecule has 1 aromatic carbocycles. The molecule has 0 aliphatic rings. The molecule has 0 bridgehead atoms. The molecule has 5 heteroatoms. The van der Waals surface area contributed by atoms with Gasteiger partial charge in [-0.2, -0.15) is 4.98 Å². The van der Waals surface area contributed by atoms with Crippen LogP contribution in [0, 0.1) is 13.8 Å². The van der Waals surface area contributed by atoms with Gasteiger partial charge in [0.2, 0.25) is 0 Å². The first-order chi connectivity index (χ1) is 8.63. The van der Waals surface area contributed by atoms with Crippen LogP contribution in [-0.4, -0.2) is 22.8 Å². The highest BCUT2D eigenvalue weighted by Crippen LogP contribution is 2.12. The zero-order chi connectivity index (χ0) is 13.0. The van der Waals surface area contributed by atoms with Gasteiger partial charge in [-0.1, -0.05) is 22.9 Å². The number of aromatic nitrogens is 2. The van der Waals surface area contributed by atoms with E-state index in [1.165, 1.54) is 5.56 Å². The normalized spacial score (nSPS) is 12.2. The fraction of sp³-hybridized carbons (Fsp3) is 0.385. The molecular formula is C13H17N3O2. The summed E-state index contributed by atoms with van der Waals surface area (Å²) < 4.78 is 10.6.